The van der Waals surface area contributed by atoms with Crippen LogP contribution in [-0.4, -0.2) is 58.5 Å². The average Bonchev–Trinajstić information content (AvgIpc) is 0.664. The Bertz CT molecular complexity index is 3510. The number of hydrogen-bond acceptors (Lipinski definition) is 10. The van der Waals surface area contributed by atoms with Gasteiger partial charge in [0.1, 0.15) is 28.7 Å². The highest BCUT2D eigenvalue weighted by molar-refractivity contribution is 5.33. The maximum Gasteiger partial charge on any atom is 0.119 e. The van der Waals surface area contributed by atoms with Gasteiger partial charge in [-0.25, -0.2) is 0 Å². The van der Waals surface area contributed by atoms with Crippen molar-refractivity contribution >= 4 is 0 Å². The highest BCUT2D eigenvalue weighted by Crippen LogP contribution is 2.33. The minimum atomic E-state index is -3.55. The predicted octanol–water partition coefficient (Wildman–Crippen LogP) is 22.4. The van der Waals surface area contributed by atoms with E-state index in [0.29, 0.717) is 55.1 Å². The number of hydrogen-bond donors (Lipinski definition) is 5. The summed E-state index contributed by atoms with van der Waals surface area (Å²) < 4.78 is 165. The fraction of sp³-hybridized carbons (Fsp3) is 0.647. The van der Waals surface area contributed by atoms with Gasteiger partial charge in [-0.15, -0.1) is 0 Å². The summed E-state index contributed by atoms with van der Waals surface area (Å²) in [6, 6.07) is 34.1. The molecule has 5 aromatic carbocycles. The van der Waals surface area contributed by atoms with Gasteiger partial charge in [-0.3, -0.25) is 0 Å². The molecule has 0 heterocycles. The van der Waals surface area contributed by atoms with Crippen molar-refractivity contribution in [1.29, 1.82) is 0 Å². The first kappa shape index (κ1) is 56.7. The molecule has 5 saturated carbocycles. The van der Waals surface area contributed by atoms with Gasteiger partial charge in [-0.1, -0.05) is 223 Å². The van der Waals surface area contributed by atoms with E-state index in [9.17, 15) is 25.5 Å². The molecular formula is C85H130O10. The zero-order valence-electron chi connectivity index (χ0n) is 75.2. The Kier molecular flexibility index (Phi) is 28.5. The van der Waals surface area contributed by atoms with Gasteiger partial charge >= 0.3 is 0 Å². The van der Waals surface area contributed by atoms with Crippen LogP contribution in [0.25, 0.3) is 0 Å². The van der Waals surface area contributed by atoms with Gasteiger partial charge in [-0.05, 0) is 214 Å². The van der Waals surface area contributed by atoms with E-state index in [1.54, 1.807) is 36.4 Å². The lowest BCUT2D eigenvalue weighted by Gasteiger charge is -2.22. The molecule has 5 N–H and O–H groups in total. The second-order valence-corrected chi connectivity index (χ2v) is 26.3. The number of benzene rings is 5. The second-order valence-electron chi connectivity index (χ2n) is 26.3. The van der Waals surface area contributed by atoms with Crippen LogP contribution in [-0.2, 0) is 0 Å². The fourth-order valence-electron chi connectivity index (χ4n) is 12.4. The standard InChI is InChI=1S/5C17H26O2/c5*1-2-7-17(18)15-10-6-11-16(12-15)19-13-14-8-4-3-5-9-14/h5*6,10-12,14,17-18H,2-5,7-9,13H2,1H3/t17-;;;;/m1..../s1/i13D2;3D2,4D2,5D2,8D2,9D2,14D;14D;6D;2D2. The van der Waals surface area contributed by atoms with Crippen molar-refractivity contribution in [3.63, 3.8) is 0 Å². The summed E-state index contributed by atoms with van der Waals surface area (Å²) in [5.74, 6) is 0.577. The Morgan fingerprint density at radius 2 is 0.684 bits per heavy atom. The highest BCUT2D eigenvalue weighted by Gasteiger charge is 2.20. The van der Waals surface area contributed by atoms with Crippen LogP contribution < -0.4 is 23.7 Å². The molecule has 5 atom stereocenters. The Morgan fingerprint density at radius 3 is 1.06 bits per heavy atom. The van der Waals surface area contributed by atoms with Crippen LogP contribution in [0.5, 0.6) is 28.7 Å². The second kappa shape index (κ2) is 47.8. The first-order valence-electron chi connectivity index (χ1n) is 44.8. The van der Waals surface area contributed by atoms with E-state index >= 15 is 0 Å². The minimum absolute atomic E-state index is 0.0320. The Labute approximate surface area is 600 Å². The summed E-state index contributed by atoms with van der Waals surface area (Å²) in [6.07, 6.45) is 7.95. The third-order valence-corrected chi connectivity index (χ3v) is 18.1. The normalized spacial score (nSPS) is 24.5. The van der Waals surface area contributed by atoms with Crippen molar-refractivity contribution in [3.05, 3.63) is 149 Å². The third-order valence-electron chi connectivity index (χ3n) is 18.1. The maximum atomic E-state index is 10.1. The topological polar surface area (TPSA) is 147 Å². The molecule has 10 rings (SSSR count). The van der Waals surface area contributed by atoms with E-state index in [0.717, 1.165) is 136 Å². The summed E-state index contributed by atoms with van der Waals surface area (Å²) in [5.41, 5.74) is 3.73. The first-order chi connectivity index (χ1) is 52.7. The zero-order valence-corrected chi connectivity index (χ0v) is 58.2. The summed E-state index contributed by atoms with van der Waals surface area (Å²) >= 11 is 0. The van der Waals surface area contributed by atoms with Crippen LogP contribution in [0.4, 0.5) is 0 Å². The first-order valence-corrected chi connectivity index (χ1v) is 36.3. The Balaban J connectivity index is 0.000000220. The van der Waals surface area contributed by atoms with Crippen LogP contribution in [0.15, 0.2) is 121 Å². The van der Waals surface area contributed by atoms with Crippen molar-refractivity contribution in [2.45, 2.75) is 290 Å². The summed E-state index contributed by atoms with van der Waals surface area (Å²) in [5, 5.41) is 50.3. The molecular weight excluding hydrogens is 1180 g/mol. The molecule has 5 aliphatic rings. The summed E-state index contributed by atoms with van der Waals surface area (Å²) in [6.45, 7) is 8.77. The van der Waals surface area contributed by atoms with Crippen molar-refractivity contribution in [2.75, 3.05) is 33.0 Å². The van der Waals surface area contributed by atoms with Crippen LogP contribution in [0.2, 0.25) is 0 Å². The molecule has 0 bridgehead atoms. The average molecular weight is 1330 g/mol. The Morgan fingerprint density at radius 1 is 0.368 bits per heavy atom. The van der Waals surface area contributed by atoms with E-state index in [1.165, 1.54) is 96.1 Å². The highest BCUT2D eigenvalue weighted by atomic mass is 16.5. The molecule has 0 aliphatic heterocycles. The van der Waals surface area contributed by atoms with E-state index in [1.807, 2.05) is 87.5 Å². The smallest absolute Gasteiger partial charge is 0.119 e. The lowest BCUT2D eigenvalue weighted by atomic mass is 9.90. The molecule has 95 heavy (non-hydrogen) atoms. The van der Waals surface area contributed by atoms with E-state index < -0.39 is 93.7 Å². The quantitative estimate of drug-likeness (QED) is 0.0301. The molecule has 530 valence electrons. The van der Waals surface area contributed by atoms with Gasteiger partial charge in [-0.2, -0.15) is 0 Å². The molecule has 0 amide bonds. The maximum absolute atomic E-state index is 10.1. The van der Waals surface area contributed by atoms with E-state index in [-0.39, 0.29) is 18.1 Å². The van der Waals surface area contributed by atoms with E-state index in [2.05, 4.69) is 6.92 Å². The lowest BCUT2D eigenvalue weighted by molar-refractivity contribution is 0.165. The SMILES string of the molecule is [2H]C([2H])(C)CC(O)c1cccc(OCC2CCCCC2)c1.[2H]C([2H])(Oc1cccc([C@H](O)CCC)c1)C1CCCCC1.[2H]C1(COc2cccc(C(O)CCC)c2)CCCCC1.[2H]C1([2H])C([2H])([2H])C([2H])([2H])C([2H])(COc2cccc(C(O)CCC)c2)C([2H])([2H])C1([2H])[2H].[2H]c1cc(OCC2CCCCC2)cc(C(O)CCC)c1. The lowest BCUT2D eigenvalue weighted by Crippen LogP contribution is -2.15. The molecule has 5 aromatic rings. The molecule has 5 aliphatic carbocycles. The summed E-state index contributed by atoms with van der Waals surface area (Å²) in [7, 11) is 0. The van der Waals surface area contributed by atoms with E-state index in [4.69, 9.17) is 47.0 Å². The molecule has 0 spiro atoms. The predicted molar refractivity (Wildman–Crippen MR) is 392 cm³/mol. The van der Waals surface area contributed by atoms with Crippen LogP contribution in [0.3, 0.4) is 0 Å². The van der Waals surface area contributed by atoms with Gasteiger partial charge in [0.25, 0.3) is 0 Å². The fourth-order valence-corrected chi connectivity index (χ4v) is 12.4. The van der Waals surface area contributed by atoms with Crippen molar-refractivity contribution in [2.24, 2.45) is 29.5 Å². The van der Waals surface area contributed by atoms with Gasteiger partial charge in [0.2, 0.25) is 0 Å². The largest absolute Gasteiger partial charge is 0.493 e. The van der Waals surface area contributed by atoms with Crippen molar-refractivity contribution in [3.8, 4) is 28.7 Å². The number of ether oxygens (including phenoxy) is 5. The molecule has 10 nitrogen and oxygen atoms in total. The third kappa shape index (κ3) is 32.0. The van der Waals surface area contributed by atoms with Crippen LogP contribution >= 0.6 is 0 Å². The molecule has 0 saturated heterocycles. The number of aliphatic hydroxyl groups is 5. The molecule has 0 aromatic heterocycles. The van der Waals surface area contributed by atoms with Gasteiger partial charge in [0.15, 0.2) is 0 Å². The number of aliphatic hydroxyl groups excluding tert-OH is 5. The molecule has 5 fully saturated rings. The van der Waals surface area contributed by atoms with Crippen molar-refractivity contribution in [1.82, 2.24) is 0 Å². The molecule has 0 radical (unpaired) electrons. The van der Waals surface area contributed by atoms with Crippen LogP contribution in [0, 0.1) is 29.5 Å². The van der Waals surface area contributed by atoms with Gasteiger partial charge < -0.3 is 49.2 Å². The number of rotatable bonds is 30. The Hall–Kier alpha value is -5.10. The van der Waals surface area contributed by atoms with Crippen LogP contribution in [0.1, 0.15) is 341 Å². The van der Waals surface area contributed by atoms with Gasteiger partial charge in [0.05, 0.1) is 67.6 Å². The molecule has 4 unspecified atom stereocenters. The summed E-state index contributed by atoms with van der Waals surface area (Å²) in [4.78, 5) is 0. The zero-order chi connectivity index (χ0) is 82.8. The van der Waals surface area contributed by atoms with Gasteiger partial charge in [0, 0.05) is 19.2 Å². The minimum Gasteiger partial charge on any atom is -0.493 e. The molecule has 10 heteroatoms. The van der Waals surface area contributed by atoms with Crippen molar-refractivity contribution < 1.29 is 72.5 Å². The monoisotopic (exact) mass is 1330 g/mol.